The Balaban J connectivity index is 1.75. The molecule has 0 saturated carbocycles. The molecule has 1 aliphatic heterocycles. The van der Waals surface area contributed by atoms with Crippen LogP contribution in [0.15, 0.2) is 29.4 Å². The number of aromatic nitrogens is 1. The van der Waals surface area contributed by atoms with Crippen LogP contribution in [-0.4, -0.2) is 72.1 Å². The van der Waals surface area contributed by atoms with Gasteiger partial charge >= 0.3 is 0 Å². The molecule has 2 amide bonds. The van der Waals surface area contributed by atoms with E-state index in [0.717, 1.165) is 18.0 Å². The highest BCUT2D eigenvalue weighted by molar-refractivity contribution is 8.00. The summed E-state index contributed by atoms with van der Waals surface area (Å²) in [5.74, 6) is 0.302. The minimum atomic E-state index is -0.0414. The summed E-state index contributed by atoms with van der Waals surface area (Å²) in [6, 6.07) is 3.73. The van der Waals surface area contributed by atoms with Gasteiger partial charge in [0.05, 0.1) is 12.3 Å². The normalized spacial score (nSPS) is 14.8. The molecule has 1 N–H and O–H groups in total. The average Bonchev–Trinajstić information content (AvgIpc) is 2.54. The fourth-order valence-electron chi connectivity index (χ4n) is 2.00. The van der Waals surface area contributed by atoms with E-state index in [2.05, 4.69) is 10.3 Å². The van der Waals surface area contributed by atoms with Crippen LogP contribution < -0.4 is 5.32 Å². The molecule has 1 aliphatic rings. The highest BCUT2D eigenvalue weighted by Gasteiger charge is 2.19. The van der Waals surface area contributed by atoms with Gasteiger partial charge < -0.3 is 15.1 Å². The van der Waals surface area contributed by atoms with E-state index < -0.39 is 0 Å². The summed E-state index contributed by atoms with van der Waals surface area (Å²) in [5.41, 5.74) is 0. The number of likely N-dealkylation sites (N-methyl/N-ethyl adjacent to an activating group) is 1. The summed E-state index contributed by atoms with van der Waals surface area (Å²) in [6.07, 6.45) is 3.40. The number of piperazine rings is 1. The van der Waals surface area contributed by atoms with Crippen LogP contribution in [0.4, 0.5) is 0 Å². The van der Waals surface area contributed by atoms with Crippen molar-refractivity contribution in [3.63, 3.8) is 0 Å². The molecule has 1 aromatic rings. The number of rotatable bonds is 5. The molecule has 0 spiro atoms. The van der Waals surface area contributed by atoms with E-state index in [1.165, 1.54) is 16.7 Å². The zero-order valence-corrected chi connectivity index (χ0v) is 12.9. The number of carbonyl (C=O) groups excluding carboxylic acids is 2. The zero-order valence-electron chi connectivity index (χ0n) is 12.1. The summed E-state index contributed by atoms with van der Waals surface area (Å²) in [7, 11) is 1.68. The van der Waals surface area contributed by atoms with E-state index in [0.29, 0.717) is 18.8 Å². The summed E-state index contributed by atoms with van der Waals surface area (Å²) >= 11 is 1.45. The SMILES string of the molecule is CN(CC(=O)N1CCNCC1)C(=O)CSc1ccncc1. The molecule has 1 fully saturated rings. The van der Waals surface area contributed by atoms with Gasteiger partial charge in [0.25, 0.3) is 0 Å². The van der Waals surface area contributed by atoms with Gasteiger partial charge in [0.2, 0.25) is 11.8 Å². The van der Waals surface area contributed by atoms with Gasteiger partial charge in [-0.15, -0.1) is 11.8 Å². The van der Waals surface area contributed by atoms with Crippen LogP contribution in [0.2, 0.25) is 0 Å². The Bertz CT molecular complexity index is 477. The molecule has 0 atom stereocenters. The minimum absolute atomic E-state index is 0.0151. The molecule has 2 heterocycles. The lowest BCUT2D eigenvalue weighted by atomic mass is 10.3. The molecule has 0 bridgehead atoms. The molecule has 1 aromatic heterocycles. The number of thioether (sulfide) groups is 1. The number of amides is 2. The number of carbonyl (C=O) groups is 2. The zero-order chi connectivity index (χ0) is 15.1. The predicted molar refractivity (Wildman–Crippen MR) is 82.0 cm³/mol. The van der Waals surface area contributed by atoms with Gasteiger partial charge in [-0.2, -0.15) is 0 Å². The van der Waals surface area contributed by atoms with Crippen LogP contribution in [0, 0.1) is 0 Å². The second kappa shape index (κ2) is 7.99. The van der Waals surface area contributed by atoms with Gasteiger partial charge in [0, 0.05) is 50.5 Å². The number of pyridine rings is 1. The maximum Gasteiger partial charge on any atom is 0.242 e. The average molecular weight is 308 g/mol. The quantitative estimate of drug-likeness (QED) is 0.780. The second-order valence-electron chi connectivity index (χ2n) is 4.85. The molecule has 0 aromatic carbocycles. The van der Waals surface area contributed by atoms with E-state index >= 15 is 0 Å². The van der Waals surface area contributed by atoms with Crippen molar-refractivity contribution in [3.05, 3.63) is 24.5 Å². The second-order valence-corrected chi connectivity index (χ2v) is 5.90. The van der Waals surface area contributed by atoms with E-state index in [-0.39, 0.29) is 18.4 Å². The lowest BCUT2D eigenvalue weighted by Gasteiger charge is -2.29. The van der Waals surface area contributed by atoms with Crippen molar-refractivity contribution >= 4 is 23.6 Å². The Hall–Kier alpha value is -1.60. The molecule has 114 valence electrons. The first kappa shape index (κ1) is 15.8. The molecule has 1 saturated heterocycles. The van der Waals surface area contributed by atoms with Crippen LogP contribution in [-0.2, 0) is 9.59 Å². The third kappa shape index (κ3) is 5.02. The van der Waals surface area contributed by atoms with E-state index in [1.54, 1.807) is 24.3 Å². The van der Waals surface area contributed by atoms with Crippen molar-refractivity contribution in [3.8, 4) is 0 Å². The Labute approximate surface area is 128 Å². The first-order valence-electron chi connectivity index (χ1n) is 6.92. The van der Waals surface area contributed by atoms with Crippen LogP contribution in [0.5, 0.6) is 0 Å². The van der Waals surface area contributed by atoms with Gasteiger partial charge in [0.15, 0.2) is 0 Å². The third-order valence-electron chi connectivity index (χ3n) is 3.28. The first-order chi connectivity index (χ1) is 10.2. The van der Waals surface area contributed by atoms with Crippen molar-refractivity contribution in [2.45, 2.75) is 4.90 Å². The van der Waals surface area contributed by atoms with Crippen molar-refractivity contribution in [2.75, 3.05) is 45.5 Å². The topological polar surface area (TPSA) is 65.5 Å². The predicted octanol–water partition coefficient (Wildman–Crippen LogP) is 0.0639. The lowest BCUT2D eigenvalue weighted by molar-refractivity contribution is -0.138. The largest absolute Gasteiger partial charge is 0.339 e. The Morgan fingerprint density at radius 2 is 2.00 bits per heavy atom. The molecule has 0 aliphatic carbocycles. The maximum atomic E-state index is 12.1. The third-order valence-corrected chi connectivity index (χ3v) is 4.28. The van der Waals surface area contributed by atoms with Crippen molar-refractivity contribution in [1.82, 2.24) is 20.1 Å². The molecular weight excluding hydrogens is 288 g/mol. The van der Waals surface area contributed by atoms with Crippen LogP contribution in [0.25, 0.3) is 0 Å². The standard InChI is InChI=1S/C14H20N4O2S/c1-17(10-13(19)18-8-6-16-7-9-18)14(20)11-21-12-2-4-15-5-3-12/h2-5,16H,6-11H2,1H3. The maximum absolute atomic E-state index is 12.1. The number of hydrogen-bond acceptors (Lipinski definition) is 5. The monoisotopic (exact) mass is 308 g/mol. The minimum Gasteiger partial charge on any atom is -0.339 e. The van der Waals surface area contributed by atoms with Crippen molar-refractivity contribution in [2.24, 2.45) is 0 Å². The van der Waals surface area contributed by atoms with Gasteiger partial charge in [-0.05, 0) is 12.1 Å². The van der Waals surface area contributed by atoms with Crippen molar-refractivity contribution in [1.29, 1.82) is 0 Å². The van der Waals surface area contributed by atoms with E-state index in [9.17, 15) is 9.59 Å². The molecule has 7 heteroatoms. The van der Waals surface area contributed by atoms with E-state index in [4.69, 9.17) is 0 Å². The van der Waals surface area contributed by atoms with Crippen molar-refractivity contribution < 1.29 is 9.59 Å². The summed E-state index contributed by atoms with van der Waals surface area (Å²) in [5, 5.41) is 3.20. The number of hydrogen-bond donors (Lipinski definition) is 1. The molecule has 0 unspecified atom stereocenters. The lowest BCUT2D eigenvalue weighted by Crippen LogP contribution is -2.50. The summed E-state index contributed by atoms with van der Waals surface area (Å²) in [6.45, 7) is 3.22. The first-order valence-corrected chi connectivity index (χ1v) is 7.90. The van der Waals surface area contributed by atoms with Gasteiger partial charge in [-0.25, -0.2) is 0 Å². The smallest absolute Gasteiger partial charge is 0.242 e. The Morgan fingerprint density at radius 1 is 1.33 bits per heavy atom. The molecule has 0 radical (unpaired) electrons. The van der Waals surface area contributed by atoms with Gasteiger partial charge in [0.1, 0.15) is 0 Å². The molecular formula is C14H20N4O2S. The van der Waals surface area contributed by atoms with E-state index in [1.807, 2.05) is 12.1 Å². The summed E-state index contributed by atoms with van der Waals surface area (Å²) < 4.78 is 0. The van der Waals surface area contributed by atoms with Crippen LogP contribution >= 0.6 is 11.8 Å². The van der Waals surface area contributed by atoms with Crippen LogP contribution in [0.1, 0.15) is 0 Å². The molecule has 21 heavy (non-hydrogen) atoms. The van der Waals surface area contributed by atoms with Gasteiger partial charge in [-0.3, -0.25) is 14.6 Å². The highest BCUT2D eigenvalue weighted by atomic mass is 32.2. The fourth-order valence-corrected chi connectivity index (χ4v) is 2.82. The summed E-state index contributed by atoms with van der Waals surface area (Å²) in [4.78, 5) is 32.4. The number of nitrogens with zero attached hydrogens (tertiary/aromatic N) is 3. The highest BCUT2D eigenvalue weighted by Crippen LogP contribution is 2.16. The fraction of sp³-hybridized carbons (Fsp3) is 0.500. The molecule has 2 rings (SSSR count). The van der Waals surface area contributed by atoms with Gasteiger partial charge in [-0.1, -0.05) is 0 Å². The molecule has 6 nitrogen and oxygen atoms in total. The Morgan fingerprint density at radius 3 is 2.67 bits per heavy atom. The van der Waals surface area contributed by atoms with Crippen LogP contribution in [0.3, 0.4) is 0 Å². The number of nitrogens with one attached hydrogen (secondary N) is 1. The Kier molecular flexibility index (Phi) is 6.01.